The van der Waals surface area contributed by atoms with E-state index in [-0.39, 0.29) is 23.6 Å². The van der Waals surface area contributed by atoms with Crippen LogP contribution in [0.3, 0.4) is 0 Å². The molecule has 0 heterocycles. The van der Waals surface area contributed by atoms with Crippen molar-refractivity contribution in [2.24, 2.45) is 0 Å². The van der Waals surface area contributed by atoms with Crippen molar-refractivity contribution < 1.29 is 22.7 Å². The summed E-state index contributed by atoms with van der Waals surface area (Å²) < 4.78 is 32.7. The topological polar surface area (TPSA) is 89.5 Å². The van der Waals surface area contributed by atoms with E-state index in [2.05, 4.69) is 4.72 Å². The summed E-state index contributed by atoms with van der Waals surface area (Å²) in [6.45, 7) is 5.56. The fraction of sp³-hybridized carbons (Fsp3) is 0.231. The molecule has 7 heteroatoms. The zero-order valence-electron chi connectivity index (χ0n) is 18.9. The van der Waals surface area contributed by atoms with Gasteiger partial charge in [0.1, 0.15) is 0 Å². The average Bonchev–Trinajstić information content (AvgIpc) is 2.78. The lowest BCUT2D eigenvalue weighted by molar-refractivity contribution is -0.147. The lowest BCUT2D eigenvalue weighted by Gasteiger charge is -2.18. The first-order chi connectivity index (χ1) is 15.7. The summed E-state index contributed by atoms with van der Waals surface area (Å²) in [7, 11) is -3.75. The van der Waals surface area contributed by atoms with Crippen molar-refractivity contribution in [3.8, 4) is 0 Å². The molecule has 33 heavy (non-hydrogen) atoms. The van der Waals surface area contributed by atoms with Crippen LogP contribution in [-0.2, 0) is 19.6 Å². The lowest BCUT2D eigenvalue weighted by atomic mass is 9.98. The van der Waals surface area contributed by atoms with Gasteiger partial charge in [-0.25, -0.2) is 13.1 Å². The average molecular weight is 466 g/mol. The molecular weight excluding hydrogens is 438 g/mol. The van der Waals surface area contributed by atoms with Crippen molar-refractivity contribution >= 4 is 21.8 Å². The van der Waals surface area contributed by atoms with Gasteiger partial charge in [0.2, 0.25) is 15.8 Å². The van der Waals surface area contributed by atoms with Crippen molar-refractivity contribution in [3.05, 3.63) is 101 Å². The van der Waals surface area contributed by atoms with Crippen LogP contribution < -0.4 is 4.72 Å². The van der Waals surface area contributed by atoms with E-state index in [0.717, 1.165) is 16.7 Å². The molecule has 3 aromatic rings. The van der Waals surface area contributed by atoms with E-state index in [4.69, 9.17) is 4.74 Å². The summed E-state index contributed by atoms with van der Waals surface area (Å²) in [6, 6.07) is 20.6. The highest BCUT2D eigenvalue weighted by Gasteiger charge is 2.26. The Bertz CT molecular complexity index is 1220. The van der Waals surface area contributed by atoms with E-state index in [0.29, 0.717) is 11.1 Å². The van der Waals surface area contributed by atoms with Crippen LogP contribution in [0.15, 0.2) is 77.7 Å². The molecule has 0 spiro atoms. The maximum atomic E-state index is 13.1. The van der Waals surface area contributed by atoms with Gasteiger partial charge < -0.3 is 4.74 Å². The van der Waals surface area contributed by atoms with E-state index >= 15 is 0 Å². The van der Waals surface area contributed by atoms with E-state index in [9.17, 15) is 18.0 Å². The summed E-state index contributed by atoms with van der Waals surface area (Å²) in [5, 5.41) is 0. The molecular formula is C26H27NO5S. The first kappa shape index (κ1) is 24.4. The van der Waals surface area contributed by atoms with Gasteiger partial charge in [-0.15, -0.1) is 0 Å². The highest BCUT2D eigenvalue weighted by atomic mass is 32.2. The predicted octanol–water partition coefficient (Wildman–Crippen LogP) is 4.45. The Morgan fingerprint density at radius 3 is 1.82 bits per heavy atom. The molecule has 3 aromatic carbocycles. The molecule has 0 aliphatic heterocycles. The third-order valence-corrected chi connectivity index (χ3v) is 6.63. The van der Waals surface area contributed by atoms with Crippen LogP contribution in [0.5, 0.6) is 0 Å². The maximum Gasteiger partial charge on any atom is 0.308 e. The second-order valence-electron chi connectivity index (χ2n) is 7.97. The molecule has 172 valence electrons. The number of sulfonamides is 1. The van der Waals surface area contributed by atoms with Gasteiger partial charge in [0.05, 0.1) is 11.3 Å². The monoisotopic (exact) mass is 465 g/mol. The van der Waals surface area contributed by atoms with E-state index in [1.165, 1.54) is 12.1 Å². The molecule has 0 aliphatic rings. The number of ketones is 1. The van der Waals surface area contributed by atoms with Crippen molar-refractivity contribution in [1.29, 1.82) is 0 Å². The molecule has 0 fully saturated rings. The maximum absolute atomic E-state index is 13.1. The van der Waals surface area contributed by atoms with Gasteiger partial charge in [0.15, 0.2) is 6.10 Å². The first-order valence-electron chi connectivity index (χ1n) is 10.6. The van der Waals surface area contributed by atoms with Crippen LogP contribution in [-0.4, -0.2) is 26.7 Å². The smallest absolute Gasteiger partial charge is 0.308 e. The van der Waals surface area contributed by atoms with Crippen molar-refractivity contribution in [2.45, 2.75) is 38.2 Å². The highest BCUT2D eigenvalue weighted by molar-refractivity contribution is 7.89. The Morgan fingerprint density at radius 2 is 1.27 bits per heavy atom. The van der Waals surface area contributed by atoms with Gasteiger partial charge in [-0.05, 0) is 32.9 Å². The lowest BCUT2D eigenvalue weighted by Crippen LogP contribution is -2.28. The number of benzene rings is 3. The second-order valence-corrected chi connectivity index (χ2v) is 9.74. The van der Waals surface area contributed by atoms with E-state index < -0.39 is 22.1 Å². The summed E-state index contributed by atoms with van der Waals surface area (Å²) in [5.74, 6) is -1.01. The molecule has 1 unspecified atom stereocenters. The summed E-state index contributed by atoms with van der Waals surface area (Å²) in [6.07, 6.45) is -1.33. The zero-order chi connectivity index (χ0) is 24.0. The Labute approximate surface area is 194 Å². The molecule has 1 atom stereocenters. The molecule has 0 saturated carbocycles. The molecule has 0 saturated heterocycles. The summed E-state index contributed by atoms with van der Waals surface area (Å²) in [5.41, 5.74) is 3.95. The van der Waals surface area contributed by atoms with Crippen LogP contribution in [0.25, 0.3) is 0 Å². The van der Waals surface area contributed by atoms with Crippen LogP contribution >= 0.6 is 0 Å². The van der Waals surface area contributed by atoms with Gasteiger partial charge in [-0.1, -0.05) is 77.4 Å². The molecule has 3 rings (SSSR count). The van der Waals surface area contributed by atoms with Gasteiger partial charge >= 0.3 is 5.97 Å². The fourth-order valence-corrected chi connectivity index (χ4v) is 4.19. The number of aryl methyl sites for hydroxylation is 3. The number of carbonyl (C=O) groups is 2. The van der Waals surface area contributed by atoms with Crippen LogP contribution in [0.1, 0.15) is 45.1 Å². The minimum atomic E-state index is -3.75. The number of esters is 1. The number of hydrogen-bond acceptors (Lipinski definition) is 5. The third-order valence-electron chi connectivity index (χ3n) is 5.16. The summed E-state index contributed by atoms with van der Waals surface area (Å²) in [4.78, 5) is 25.8. The van der Waals surface area contributed by atoms with Gasteiger partial charge in [0, 0.05) is 17.7 Å². The van der Waals surface area contributed by atoms with Gasteiger partial charge in [-0.2, -0.15) is 0 Å². The van der Waals surface area contributed by atoms with E-state index in [1.807, 2.05) is 45.0 Å². The number of rotatable bonds is 9. The SMILES string of the molecule is Cc1ccc(C(=O)C(OC(=O)CCNS(=O)(=O)c2ccc(C)cc2)c2ccc(C)cc2)cc1. The number of ether oxygens (including phenoxy) is 1. The molecule has 0 bridgehead atoms. The quantitative estimate of drug-likeness (QED) is 0.373. The molecule has 0 radical (unpaired) electrons. The second kappa shape index (κ2) is 10.6. The standard InChI is InChI=1S/C26H27NO5S/c1-18-4-10-21(11-5-18)25(29)26(22-12-6-19(2)7-13-22)32-24(28)16-17-27-33(30,31)23-14-8-20(3)9-15-23/h4-15,26-27H,16-17H2,1-3H3. The normalized spacial score (nSPS) is 12.2. The minimum Gasteiger partial charge on any atom is -0.449 e. The number of nitrogens with one attached hydrogen (secondary N) is 1. The predicted molar refractivity (Wildman–Crippen MR) is 127 cm³/mol. The Balaban J connectivity index is 1.69. The van der Waals surface area contributed by atoms with E-state index in [1.54, 1.807) is 36.4 Å². The third kappa shape index (κ3) is 6.60. The van der Waals surface area contributed by atoms with Crippen LogP contribution in [0.2, 0.25) is 0 Å². The van der Waals surface area contributed by atoms with Crippen LogP contribution in [0.4, 0.5) is 0 Å². The van der Waals surface area contributed by atoms with Gasteiger partial charge in [0.25, 0.3) is 0 Å². The molecule has 6 nitrogen and oxygen atoms in total. The van der Waals surface area contributed by atoms with Crippen molar-refractivity contribution in [2.75, 3.05) is 6.54 Å². The molecule has 0 amide bonds. The van der Waals surface area contributed by atoms with Gasteiger partial charge in [-0.3, -0.25) is 9.59 Å². The molecule has 0 aromatic heterocycles. The number of hydrogen-bond donors (Lipinski definition) is 1. The largest absolute Gasteiger partial charge is 0.449 e. The van der Waals surface area contributed by atoms with Crippen molar-refractivity contribution in [1.82, 2.24) is 4.72 Å². The Kier molecular flexibility index (Phi) is 7.79. The Morgan fingerprint density at radius 1 is 0.788 bits per heavy atom. The zero-order valence-corrected chi connectivity index (χ0v) is 19.7. The number of carbonyl (C=O) groups excluding carboxylic acids is 2. The minimum absolute atomic E-state index is 0.119. The molecule has 1 N–H and O–H groups in total. The number of Topliss-reactive ketones (excluding diaryl/α,β-unsaturated/α-hetero) is 1. The Hall–Kier alpha value is -3.29. The molecule has 0 aliphatic carbocycles. The summed E-state index contributed by atoms with van der Waals surface area (Å²) >= 11 is 0. The van der Waals surface area contributed by atoms with Crippen molar-refractivity contribution in [3.63, 3.8) is 0 Å². The highest BCUT2D eigenvalue weighted by Crippen LogP contribution is 2.24. The van der Waals surface area contributed by atoms with Crippen LogP contribution in [0, 0.1) is 20.8 Å². The fourth-order valence-electron chi connectivity index (χ4n) is 3.16. The first-order valence-corrected chi connectivity index (χ1v) is 12.1.